The standard InChI is InChI=1S/C12H16ClNO/c1-8-5-3-4-6-11-9(8)7-10(13)12(14-11)15-2/h7-8H,3-6H2,1-2H3. The molecule has 82 valence electrons. The minimum absolute atomic E-state index is 0.560. The third-order valence-corrected chi connectivity index (χ3v) is 3.35. The van der Waals surface area contributed by atoms with Gasteiger partial charge in [0.05, 0.1) is 7.11 Å². The Kier molecular flexibility index (Phi) is 3.15. The molecule has 0 radical (unpaired) electrons. The lowest BCUT2D eigenvalue weighted by Gasteiger charge is -2.13. The van der Waals surface area contributed by atoms with Crippen molar-refractivity contribution < 1.29 is 4.74 Å². The minimum atomic E-state index is 0.560. The third-order valence-electron chi connectivity index (χ3n) is 3.08. The molecule has 1 aliphatic rings. The Labute approximate surface area is 95.6 Å². The number of fused-ring (bicyclic) bond motifs is 1. The van der Waals surface area contributed by atoms with Gasteiger partial charge < -0.3 is 4.74 Å². The first-order chi connectivity index (χ1) is 7.22. The second-order valence-corrected chi connectivity index (χ2v) is 4.57. The summed E-state index contributed by atoms with van der Waals surface area (Å²) in [4.78, 5) is 4.49. The number of methoxy groups -OCH3 is 1. The molecule has 1 atom stereocenters. The van der Waals surface area contributed by atoms with E-state index in [-0.39, 0.29) is 0 Å². The Morgan fingerprint density at radius 2 is 2.27 bits per heavy atom. The number of nitrogens with zero attached hydrogens (tertiary/aromatic N) is 1. The van der Waals surface area contributed by atoms with Crippen LogP contribution in [-0.2, 0) is 6.42 Å². The summed E-state index contributed by atoms with van der Waals surface area (Å²) in [6, 6.07) is 2.03. The highest BCUT2D eigenvalue weighted by Gasteiger charge is 2.18. The van der Waals surface area contributed by atoms with Crippen molar-refractivity contribution in [1.29, 1.82) is 0 Å². The first-order valence-corrected chi connectivity index (χ1v) is 5.83. The van der Waals surface area contributed by atoms with E-state index in [1.165, 1.54) is 30.5 Å². The third kappa shape index (κ3) is 2.10. The van der Waals surface area contributed by atoms with Crippen molar-refractivity contribution in [2.24, 2.45) is 0 Å². The molecule has 0 saturated heterocycles. The van der Waals surface area contributed by atoms with E-state index in [4.69, 9.17) is 16.3 Å². The van der Waals surface area contributed by atoms with Crippen LogP contribution in [0.5, 0.6) is 5.88 Å². The topological polar surface area (TPSA) is 22.1 Å². The second-order valence-electron chi connectivity index (χ2n) is 4.16. The molecule has 0 N–H and O–H groups in total. The SMILES string of the molecule is COc1nc2c(cc1Cl)C(C)CCCC2. The van der Waals surface area contributed by atoms with Crippen molar-refractivity contribution in [1.82, 2.24) is 4.98 Å². The molecule has 0 fully saturated rings. The van der Waals surface area contributed by atoms with Gasteiger partial charge in [-0.3, -0.25) is 0 Å². The second kappa shape index (κ2) is 4.40. The summed E-state index contributed by atoms with van der Waals surface area (Å²) in [5, 5.41) is 0.630. The predicted molar refractivity (Wildman–Crippen MR) is 61.8 cm³/mol. The Balaban J connectivity index is 2.46. The van der Waals surface area contributed by atoms with Crippen LogP contribution >= 0.6 is 11.6 Å². The maximum atomic E-state index is 6.09. The molecule has 1 aliphatic carbocycles. The van der Waals surface area contributed by atoms with Crippen molar-refractivity contribution in [3.05, 3.63) is 22.3 Å². The summed E-state index contributed by atoms with van der Waals surface area (Å²) >= 11 is 6.09. The molecular formula is C12H16ClNO. The lowest BCUT2D eigenvalue weighted by Crippen LogP contribution is -2.01. The highest BCUT2D eigenvalue weighted by atomic mass is 35.5. The zero-order valence-electron chi connectivity index (χ0n) is 9.22. The van der Waals surface area contributed by atoms with Gasteiger partial charge in [0, 0.05) is 5.69 Å². The Morgan fingerprint density at radius 3 is 3.00 bits per heavy atom. The largest absolute Gasteiger partial charge is 0.480 e. The molecule has 1 heterocycles. The Morgan fingerprint density at radius 1 is 1.47 bits per heavy atom. The average molecular weight is 226 g/mol. The maximum absolute atomic E-state index is 6.09. The van der Waals surface area contributed by atoms with Crippen molar-refractivity contribution in [3.63, 3.8) is 0 Å². The van der Waals surface area contributed by atoms with Crippen LogP contribution in [0.2, 0.25) is 5.02 Å². The summed E-state index contributed by atoms with van der Waals surface area (Å²) < 4.78 is 5.14. The van der Waals surface area contributed by atoms with Gasteiger partial charge >= 0.3 is 0 Å². The molecule has 0 aromatic carbocycles. The zero-order valence-corrected chi connectivity index (χ0v) is 9.97. The number of aryl methyl sites for hydroxylation is 1. The van der Waals surface area contributed by atoms with Crippen LogP contribution in [0.3, 0.4) is 0 Å². The summed E-state index contributed by atoms with van der Waals surface area (Å²) in [5.74, 6) is 1.13. The fraction of sp³-hybridized carbons (Fsp3) is 0.583. The Hall–Kier alpha value is -0.760. The van der Waals surface area contributed by atoms with Crippen molar-refractivity contribution >= 4 is 11.6 Å². The van der Waals surface area contributed by atoms with Crippen LogP contribution in [0.15, 0.2) is 6.07 Å². The van der Waals surface area contributed by atoms with Crippen LogP contribution < -0.4 is 4.74 Å². The van der Waals surface area contributed by atoms with Gasteiger partial charge in [-0.25, -0.2) is 4.98 Å². The molecule has 1 unspecified atom stereocenters. The van der Waals surface area contributed by atoms with Crippen LogP contribution in [0, 0.1) is 0 Å². The zero-order chi connectivity index (χ0) is 10.8. The van der Waals surface area contributed by atoms with Crippen molar-refractivity contribution in [2.45, 2.75) is 38.5 Å². The van der Waals surface area contributed by atoms with E-state index in [9.17, 15) is 0 Å². The summed E-state index contributed by atoms with van der Waals surface area (Å²) in [5.41, 5.74) is 2.47. The molecule has 0 amide bonds. The maximum Gasteiger partial charge on any atom is 0.232 e. The van der Waals surface area contributed by atoms with Gasteiger partial charge in [0.2, 0.25) is 5.88 Å². The molecular weight excluding hydrogens is 210 g/mol. The molecule has 0 bridgehead atoms. The van der Waals surface area contributed by atoms with Gasteiger partial charge in [0.1, 0.15) is 5.02 Å². The molecule has 1 aromatic heterocycles. The molecule has 2 nitrogen and oxygen atoms in total. The van der Waals surface area contributed by atoms with Gasteiger partial charge in [-0.2, -0.15) is 0 Å². The molecule has 15 heavy (non-hydrogen) atoms. The van der Waals surface area contributed by atoms with Gasteiger partial charge in [0.15, 0.2) is 0 Å². The number of halogens is 1. The van der Waals surface area contributed by atoms with Crippen molar-refractivity contribution in [2.75, 3.05) is 7.11 Å². The van der Waals surface area contributed by atoms with E-state index in [2.05, 4.69) is 11.9 Å². The Bertz CT molecular complexity index is 365. The minimum Gasteiger partial charge on any atom is -0.480 e. The van der Waals surface area contributed by atoms with E-state index in [0.717, 1.165) is 6.42 Å². The number of hydrogen-bond donors (Lipinski definition) is 0. The van der Waals surface area contributed by atoms with Crippen LogP contribution in [0.25, 0.3) is 0 Å². The van der Waals surface area contributed by atoms with E-state index in [1.54, 1.807) is 7.11 Å². The van der Waals surface area contributed by atoms with E-state index in [1.807, 2.05) is 6.07 Å². The molecule has 2 rings (SSSR count). The number of ether oxygens (including phenoxy) is 1. The van der Waals surface area contributed by atoms with Crippen LogP contribution in [0.4, 0.5) is 0 Å². The average Bonchev–Trinajstić information content (AvgIpc) is 2.40. The van der Waals surface area contributed by atoms with Crippen LogP contribution in [0.1, 0.15) is 43.4 Å². The molecule has 0 spiro atoms. The molecule has 0 aliphatic heterocycles. The summed E-state index contributed by atoms with van der Waals surface area (Å²) in [6.07, 6.45) is 4.77. The van der Waals surface area contributed by atoms with Crippen molar-refractivity contribution in [3.8, 4) is 5.88 Å². The van der Waals surface area contributed by atoms with Gasteiger partial charge in [-0.15, -0.1) is 0 Å². The first kappa shape index (κ1) is 10.7. The monoisotopic (exact) mass is 225 g/mol. The summed E-state index contributed by atoms with van der Waals surface area (Å²) in [7, 11) is 1.61. The fourth-order valence-electron chi connectivity index (χ4n) is 2.19. The highest BCUT2D eigenvalue weighted by molar-refractivity contribution is 6.31. The number of pyridine rings is 1. The highest BCUT2D eigenvalue weighted by Crippen LogP contribution is 2.34. The quantitative estimate of drug-likeness (QED) is 0.682. The molecule has 0 saturated carbocycles. The van der Waals surface area contributed by atoms with Gasteiger partial charge in [-0.1, -0.05) is 24.9 Å². The fourth-order valence-corrected chi connectivity index (χ4v) is 2.43. The van der Waals surface area contributed by atoms with E-state index >= 15 is 0 Å². The van der Waals surface area contributed by atoms with E-state index < -0.39 is 0 Å². The van der Waals surface area contributed by atoms with E-state index in [0.29, 0.717) is 16.8 Å². The van der Waals surface area contributed by atoms with Gasteiger partial charge in [-0.05, 0) is 36.8 Å². The smallest absolute Gasteiger partial charge is 0.232 e. The number of rotatable bonds is 1. The lowest BCUT2D eigenvalue weighted by atomic mass is 9.97. The lowest BCUT2D eigenvalue weighted by molar-refractivity contribution is 0.396. The van der Waals surface area contributed by atoms with Crippen LogP contribution in [-0.4, -0.2) is 12.1 Å². The molecule has 1 aromatic rings. The van der Waals surface area contributed by atoms with Gasteiger partial charge in [0.25, 0.3) is 0 Å². The first-order valence-electron chi connectivity index (χ1n) is 5.45. The molecule has 3 heteroatoms. The predicted octanol–water partition coefficient (Wildman–Crippen LogP) is 3.57. The number of aromatic nitrogens is 1. The number of hydrogen-bond acceptors (Lipinski definition) is 2. The normalized spacial score (nSPS) is 20.6. The summed E-state index contributed by atoms with van der Waals surface area (Å²) in [6.45, 7) is 2.24.